The number of halogens is 1. The molecule has 0 radical (unpaired) electrons. The lowest BCUT2D eigenvalue weighted by molar-refractivity contribution is 0.155. The molecule has 0 saturated carbocycles. The Labute approximate surface area is 105 Å². The normalized spacial score (nSPS) is 19.5. The largest absolute Gasteiger partial charge is 0.447 e. The number of hydrogen-bond acceptors (Lipinski definition) is 3. The zero-order valence-corrected chi connectivity index (χ0v) is 10.1. The minimum Gasteiger partial charge on any atom is -0.447 e. The molecule has 0 spiro atoms. The minimum absolute atomic E-state index is 0.0387. The van der Waals surface area contributed by atoms with Crippen molar-refractivity contribution in [2.75, 3.05) is 13.2 Å². The summed E-state index contributed by atoms with van der Waals surface area (Å²) in [5.41, 5.74) is 0.996. The first-order valence-corrected chi connectivity index (χ1v) is 5.87. The first kappa shape index (κ1) is 12.2. The molecule has 1 saturated heterocycles. The van der Waals surface area contributed by atoms with Crippen LogP contribution >= 0.6 is 11.6 Å². The summed E-state index contributed by atoms with van der Waals surface area (Å²) >= 11 is 5.80. The third-order valence-corrected chi connectivity index (χ3v) is 3.05. The van der Waals surface area contributed by atoms with E-state index >= 15 is 0 Å². The van der Waals surface area contributed by atoms with Gasteiger partial charge in [-0.25, -0.2) is 4.79 Å². The van der Waals surface area contributed by atoms with Gasteiger partial charge in [0.1, 0.15) is 6.61 Å². The van der Waals surface area contributed by atoms with Crippen molar-refractivity contribution in [3.8, 4) is 0 Å². The highest BCUT2D eigenvalue weighted by Gasteiger charge is 2.32. The molecule has 1 atom stereocenters. The SMILES string of the molecule is O=C1OCC(CCO)N1Cc1ccc(Cl)cc1. The molecular formula is C12H14ClNO3. The maximum Gasteiger partial charge on any atom is 0.410 e. The summed E-state index contributed by atoms with van der Waals surface area (Å²) in [6.07, 6.45) is 0.220. The van der Waals surface area contributed by atoms with Crippen LogP contribution in [-0.2, 0) is 11.3 Å². The molecule has 1 fully saturated rings. The van der Waals surface area contributed by atoms with Gasteiger partial charge in [-0.2, -0.15) is 0 Å². The van der Waals surface area contributed by atoms with Gasteiger partial charge in [0.25, 0.3) is 0 Å². The Hall–Kier alpha value is -1.26. The van der Waals surface area contributed by atoms with E-state index in [-0.39, 0.29) is 18.7 Å². The Morgan fingerprint density at radius 1 is 1.41 bits per heavy atom. The number of amides is 1. The van der Waals surface area contributed by atoms with Crippen LogP contribution in [0.2, 0.25) is 5.02 Å². The zero-order valence-electron chi connectivity index (χ0n) is 9.30. The number of aliphatic hydroxyl groups excluding tert-OH is 1. The van der Waals surface area contributed by atoms with Gasteiger partial charge in [0.2, 0.25) is 0 Å². The lowest BCUT2D eigenvalue weighted by atomic mass is 10.1. The van der Waals surface area contributed by atoms with Crippen LogP contribution in [0.4, 0.5) is 4.79 Å². The predicted molar refractivity (Wildman–Crippen MR) is 63.8 cm³/mol. The minimum atomic E-state index is -0.321. The van der Waals surface area contributed by atoms with Gasteiger partial charge in [0.15, 0.2) is 0 Å². The van der Waals surface area contributed by atoms with E-state index in [1.165, 1.54) is 0 Å². The molecule has 92 valence electrons. The summed E-state index contributed by atoms with van der Waals surface area (Å²) in [4.78, 5) is 13.2. The summed E-state index contributed by atoms with van der Waals surface area (Å²) in [6.45, 7) is 0.895. The Balaban J connectivity index is 2.05. The fourth-order valence-electron chi connectivity index (χ4n) is 1.86. The first-order valence-electron chi connectivity index (χ1n) is 5.49. The van der Waals surface area contributed by atoms with Gasteiger partial charge in [0.05, 0.1) is 6.04 Å². The Morgan fingerprint density at radius 3 is 2.76 bits per heavy atom. The van der Waals surface area contributed by atoms with Crippen LogP contribution in [0.5, 0.6) is 0 Å². The third kappa shape index (κ3) is 2.90. The van der Waals surface area contributed by atoms with Crippen LogP contribution in [0.3, 0.4) is 0 Å². The molecule has 5 heteroatoms. The van der Waals surface area contributed by atoms with E-state index in [2.05, 4.69) is 0 Å². The third-order valence-electron chi connectivity index (χ3n) is 2.80. The van der Waals surface area contributed by atoms with E-state index in [0.29, 0.717) is 24.6 Å². The Bertz CT molecular complexity index is 393. The van der Waals surface area contributed by atoms with Crippen LogP contribution < -0.4 is 0 Å². The molecule has 1 aliphatic rings. The highest BCUT2D eigenvalue weighted by atomic mass is 35.5. The molecule has 4 nitrogen and oxygen atoms in total. The van der Waals surface area contributed by atoms with Crippen molar-refractivity contribution in [1.82, 2.24) is 4.90 Å². The fourth-order valence-corrected chi connectivity index (χ4v) is 1.98. The first-order chi connectivity index (χ1) is 8.20. The summed E-state index contributed by atoms with van der Waals surface area (Å²) in [5, 5.41) is 9.59. The van der Waals surface area contributed by atoms with Crippen molar-refractivity contribution >= 4 is 17.7 Å². The molecule has 1 aliphatic heterocycles. The number of aliphatic hydroxyl groups is 1. The monoisotopic (exact) mass is 255 g/mol. The molecule has 17 heavy (non-hydrogen) atoms. The number of cyclic esters (lactones) is 1. The molecule has 0 bridgehead atoms. The number of hydrogen-bond donors (Lipinski definition) is 1. The Morgan fingerprint density at radius 2 is 2.12 bits per heavy atom. The van der Waals surface area contributed by atoms with E-state index in [9.17, 15) is 4.79 Å². The molecule has 2 rings (SSSR count). The summed E-state index contributed by atoms with van der Waals surface area (Å²) in [5.74, 6) is 0. The molecule has 1 amide bonds. The lowest BCUT2D eigenvalue weighted by Crippen LogP contribution is -2.33. The Kier molecular flexibility index (Phi) is 3.86. The summed E-state index contributed by atoms with van der Waals surface area (Å²) in [7, 11) is 0. The molecule has 0 aliphatic carbocycles. The summed E-state index contributed by atoms with van der Waals surface area (Å²) < 4.78 is 4.98. The summed E-state index contributed by atoms with van der Waals surface area (Å²) in [6, 6.07) is 7.30. The van der Waals surface area contributed by atoms with Gasteiger partial charge in [0, 0.05) is 18.2 Å². The van der Waals surface area contributed by atoms with Gasteiger partial charge < -0.3 is 9.84 Å². The quantitative estimate of drug-likeness (QED) is 0.896. The molecule has 1 unspecified atom stereocenters. The average molecular weight is 256 g/mol. The topological polar surface area (TPSA) is 49.8 Å². The second-order valence-electron chi connectivity index (χ2n) is 4.00. The van der Waals surface area contributed by atoms with E-state index in [1.807, 2.05) is 12.1 Å². The maximum atomic E-state index is 11.5. The number of ether oxygens (including phenoxy) is 1. The van der Waals surface area contributed by atoms with Crippen LogP contribution in [0.25, 0.3) is 0 Å². The van der Waals surface area contributed by atoms with E-state index in [0.717, 1.165) is 5.56 Å². The number of nitrogens with zero attached hydrogens (tertiary/aromatic N) is 1. The van der Waals surface area contributed by atoms with Crippen LogP contribution in [-0.4, -0.2) is 35.4 Å². The van der Waals surface area contributed by atoms with Gasteiger partial charge in [-0.15, -0.1) is 0 Å². The van der Waals surface area contributed by atoms with E-state index in [4.69, 9.17) is 21.4 Å². The second kappa shape index (κ2) is 5.38. The number of rotatable bonds is 4. The van der Waals surface area contributed by atoms with Gasteiger partial charge >= 0.3 is 6.09 Å². The van der Waals surface area contributed by atoms with Crippen LogP contribution in [0.1, 0.15) is 12.0 Å². The van der Waals surface area contributed by atoms with Gasteiger partial charge in [-0.3, -0.25) is 4.90 Å². The number of carbonyl (C=O) groups excluding carboxylic acids is 1. The van der Waals surface area contributed by atoms with Crippen LogP contribution in [0, 0.1) is 0 Å². The van der Waals surface area contributed by atoms with Crippen molar-refractivity contribution in [2.24, 2.45) is 0 Å². The molecule has 1 N–H and O–H groups in total. The smallest absolute Gasteiger partial charge is 0.410 e. The number of carbonyl (C=O) groups is 1. The van der Waals surface area contributed by atoms with E-state index in [1.54, 1.807) is 17.0 Å². The molecular weight excluding hydrogens is 242 g/mol. The predicted octanol–water partition coefficient (Wildman–Crippen LogP) is 2.04. The second-order valence-corrected chi connectivity index (χ2v) is 4.43. The lowest BCUT2D eigenvalue weighted by Gasteiger charge is -2.20. The van der Waals surface area contributed by atoms with Crippen molar-refractivity contribution < 1.29 is 14.6 Å². The van der Waals surface area contributed by atoms with Crippen molar-refractivity contribution in [2.45, 2.75) is 19.0 Å². The standard InChI is InChI=1S/C12H14ClNO3/c13-10-3-1-9(2-4-10)7-14-11(5-6-15)8-17-12(14)16/h1-4,11,15H,5-8H2. The van der Waals surface area contributed by atoms with E-state index < -0.39 is 0 Å². The van der Waals surface area contributed by atoms with Crippen molar-refractivity contribution in [3.63, 3.8) is 0 Å². The average Bonchev–Trinajstić information content (AvgIpc) is 2.65. The highest BCUT2D eigenvalue weighted by Crippen LogP contribution is 2.19. The highest BCUT2D eigenvalue weighted by molar-refractivity contribution is 6.30. The zero-order chi connectivity index (χ0) is 12.3. The van der Waals surface area contributed by atoms with Gasteiger partial charge in [-0.05, 0) is 24.1 Å². The molecule has 1 aromatic rings. The molecule has 0 aromatic heterocycles. The van der Waals surface area contributed by atoms with Crippen molar-refractivity contribution in [1.29, 1.82) is 0 Å². The maximum absolute atomic E-state index is 11.5. The molecule has 1 heterocycles. The fraction of sp³-hybridized carbons (Fsp3) is 0.417. The van der Waals surface area contributed by atoms with Gasteiger partial charge in [-0.1, -0.05) is 23.7 Å². The number of benzene rings is 1. The molecule has 1 aromatic carbocycles. The van der Waals surface area contributed by atoms with Crippen molar-refractivity contribution in [3.05, 3.63) is 34.9 Å². The van der Waals surface area contributed by atoms with Crippen LogP contribution in [0.15, 0.2) is 24.3 Å².